The second-order valence-corrected chi connectivity index (χ2v) is 4.75. The van der Waals surface area contributed by atoms with E-state index in [1.807, 2.05) is 6.07 Å². The van der Waals surface area contributed by atoms with Gasteiger partial charge in [-0.3, -0.25) is 5.10 Å². The minimum Gasteiger partial charge on any atom is -0.434 e. The number of alkyl halides is 2. The number of rotatable bonds is 4. The summed E-state index contributed by atoms with van der Waals surface area (Å²) in [6, 6.07) is 8.55. The maximum absolute atomic E-state index is 12.4. The molecule has 21 heavy (non-hydrogen) atoms. The lowest BCUT2D eigenvalue weighted by Gasteiger charge is -2.26. The van der Waals surface area contributed by atoms with Crippen molar-refractivity contribution in [3.63, 3.8) is 0 Å². The van der Waals surface area contributed by atoms with Gasteiger partial charge in [0.15, 0.2) is 5.82 Å². The van der Waals surface area contributed by atoms with E-state index in [0.29, 0.717) is 11.3 Å². The zero-order valence-electron chi connectivity index (χ0n) is 11.4. The van der Waals surface area contributed by atoms with Gasteiger partial charge in [-0.25, -0.2) is 0 Å². The fourth-order valence-electron chi connectivity index (χ4n) is 2.39. The van der Waals surface area contributed by atoms with E-state index < -0.39 is 6.61 Å². The number of anilines is 1. The van der Waals surface area contributed by atoms with Crippen LogP contribution in [0.4, 0.5) is 14.6 Å². The minimum atomic E-state index is -2.85. The Bertz CT molecular complexity index is 596. The third-order valence-electron chi connectivity index (χ3n) is 3.40. The number of para-hydroxylation sites is 1. The highest BCUT2D eigenvalue weighted by molar-refractivity contribution is 5.69. The topological polar surface area (TPSA) is 53.2 Å². The minimum absolute atomic E-state index is 0.142. The quantitative estimate of drug-likeness (QED) is 0.906. The van der Waals surface area contributed by atoms with E-state index >= 15 is 0 Å². The van der Waals surface area contributed by atoms with Crippen molar-refractivity contribution >= 4 is 5.82 Å². The summed E-state index contributed by atoms with van der Waals surface area (Å²) >= 11 is 0. The zero-order chi connectivity index (χ0) is 14.7. The molecule has 1 aromatic heterocycles. The van der Waals surface area contributed by atoms with Crippen LogP contribution in [0.5, 0.6) is 5.75 Å². The molecule has 5 nitrogen and oxygen atoms in total. The van der Waals surface area contributed by atoms with Crippen molar-refractivity contribution in [2.24, 2.45) is 0 Å². The smallest absolute Gasteiger partial charge is 0.387 e. The van der Waals surface area contributed by atoms with Crippen LogP contribution in [-0.4, -0.2) is 43.0 Å². The van der Waals surface area contributed by atoms with Crippen LogP contribution >= 0.6 is 0 Å². The third-order valence-corrected chi connectivity index (χ3v) is 3.40. The molecule has 0 spiro atoms. The maximum Gasteiger partial charge on any atom is 0.387 e. The van der Waals surface area contributed by atoms with E-state index in [1.165, 1.54) is 6.07 Å². The van der Waals surface area contributed by atoms with Crippen LogP contribution in [0.25, 0.3) is 11.3 Å². The van der Waals surface area contributed by atoms with Crippen LogP contribution in [0.3, 0.4) is 0 Å². The number of benzene rings is 1. The van der Waals surface area contributed by atoms with Crippen molar-refractivity contribution in [2.75, 3.05) is 31.1 Å². The lowest BCUT2D eigenvalue weighted by Crippen LogP contribution is -2.43. The summed E-state index contributed by atoms with van der Waals surface area (Å²) in [5.41, 5.74) is 1.24. The summed E-state index contributed by atoms with van der Waals surface area (Å²) < 4.78 is 29.4. The number of halogens is 2. The Labute approximate surface area is 120 Å². The highest BCUT2D eigenvalue weighted by Crippen LogP contribution is 2.31. The molecule has 2 aromatic rings. The van der Waals surface area contributed by atoms with E-state index in [4.69, 9.17) is 0 Å². The number of hydrogen-bond donors (Lipinski definition) is 2. The van der Waals surface area contributed by atoms with Gasteiger partial charge < -0.3 is 15.0 Å². The van der Waals surface area contributed by atoms with Gasteiger partial charge in [-0.05, 0) is 12.1 Å². The molecule has 1 aliphatic heterocycles. The van der Waals surface area contributed by atoms with E-state index in [9.17, 15) is 8.78 Å². The van der Waals surface area contributed by atoms with Crippen molar-refractivity contribution < 1.29 is 13.5 Å². The molecule has 0 atom stereocenters. The van der Waals surface area contributed by atoms with Crippen LogP contribution in [0.2, 0.25) is 0 Å². The molecule has 1 aliphatic rings. The van der Waals surface area contributed by atoms with Gasteiger partial charge in [0.05, 0.1) is 5.69 Å². The number of piperazine rings is 1. The number of nitrogens with one attached hydrogen (secondary N) is 2. The molecule has 3 rings (SSSR count). The van der Waals surface area contributed by atoms with Crippen LogP contribution in [0.15, 0.2) is 30.3 Å². The van der Waals surface area contributed by atoms with E-state index in [0.717, 1.165) is 32.0 Å². The van der Waals surface area contributed by atoms with Gasteiger partial charge in [-0.2, -0.15) is 13.9 Å². The standard InChI is InChI=1S/C14H16F2N4O/c15-14(16)21-12-4-2-1-3-10(12)11-9-13(19-18-11)20-7-5-17-6-8-20/h1-4,9,14,17H,5-8H2,(H,18,19). The normalized spacial score (nSPS) is 15.5. The molecule has 1 aromatic carbocycles. The largest absolute Gasteiger partial charge is 0.434 e. The molecular formula is C14H16F2N4O. The second kappa shape index (κ2) is 6.09. The Kier molecular flexibility index (Phi) is 4.01. The molecule has 2 heterocycles. The van der Waals surface area contributed by atoms with Crippen molar-refractivity contribution in [1.82, 2.24) is 15.5 Å². The molecule has 0 radical (unpaired) electrons. The molecule has 7 heteroatoms. The Morgan fingerprint density at radius 3 is 2.71 bits per heavy atom. The van der Waals surface area contributed by atoms with Gasteiger partial charge in [0, 0.05) is 37.8 Å². The van der Waals surface area contributed by atoms with Crippen LogP contribution in [-0.2, 0) is 0 Å². The molecule has 1 fully saturated rings. The highest BCUT2D eigenvalue weighted by atomic mass is 19.3. The van der Waals surface area contributed by atoms with Crippen LogP contribution in [0, 0.1) is 0 Å². The molecule has 0 saturated carbocycles. The molecule has 0 bridgehead atoms. The molecule has 0 amide bonds. The van der Waals surface area contributed by atoms with Gasteiger partial charge >= 0.3 is 6.61 Å². The number of H-pyrrole nitrogens is 1. The average Bonchev–Trinajstić information content (AvgIpc) is 2.98. The number of aromatic nitrogens is 2. The van der Waals surface area contributed by atoms with Gasteiger partial charge in [0.25, 0.3) is 0 Å². The SMILES string of the molecule is FC(F)Oc1ccccc1-c1cc(N2CCNCC2)n[nH]1. The average molecular weight is 294 g/mol. The molecule has 1 saturated heterocycles. The van der Waals surface area contributed by atoms with Crippen molar-refractivity contribution in [2.45, 2.75) is 6.61 Å². The lowest BCUT2D eigenvalue weighted by molar-refractivity contribution is -0.0494. The van der Waals surface area contributed by atoms with Crippen LogP contribution in [0.1, 0.15) is 0 Å². The summed E-state index contributed by atoms with van der Waals surface area (Å²) in [7, 11) is 0. The predicted octanol–water partition coefficient (Wildman–Crippen LogP) is 2.09. The zero-order valence-corrected chi connectivity index (χ0v) is 11.4. The Morgan fingerprint density at radius 2 is 1.95 bits per heavy atom. The third kappa shape index (κ3) is 3.13. The summed E-state index contributed by atoms with van der Waals surface area (Å²) in [5.74, 6) is 0.960. The maximum atomic E-state index is 12.4. The van der Waals surface area contributed by atoms with E-state index in [1.54, 1.807) is 18.2 Å². The summed E-state index contributed by atoms with van der Waals surface area (Å²) in [4.78, 5) is 2.15. The predicted molar refractivity (Wildman–Crippen MR) is 75.7 cm³/mol. The van der Waals surface area contributed by atoms with Crippen molar-refractivity contribution in [1.29, 1.82) is 0 Å². The molecule has 2 N–H and O–H groups in total. The van der Waals surface area contributed by atoms with Crippen molar-refractivity contribution in [3.05, 3.63) is 30.3 Å². The van der Waals surface area contributed by atoms with Gasteiger partial charge in [-0.15, -0.1) is 0 Å². The first-order chi connectivity index (χ1) is 10.2. The van der Waals surface area contributed by atoms with Gasteiger partial charge in [-0.1, -0.05) is 12.1 Å². The summed E-state index contributed by atoms with van der Waals surface area (Å²) in [6.45, 7) is 0.723. The highest BCUT2D eigenvalue weighted by Gasteiger charge is 2.16. The molecule has 112 valence electrons. The fraction of sp³-hybridized carbons (Fsp3) is 0.357. The Balaban J connectivity index is 1.85. The number of nitrogens with zero attached hydrogens (tertiary/aromatic N) is 2. The second-order valence-electron chi connectivity index (χ2n) is 4.75. The molecule has 0 aliphatic carbocycles. The lowest BCUT2D eigenvalue weighted by atomic mass is 10.1. The molecule has 0 unspecified atom stereocenters. The Morgan fingerprint density at radius 1 is 1.19 bits per heavy atom. The number of aromatic amines is 1. The summed E-state index contributed by atoms with van der Waals surface area (Å²) in [6.07, 6.45) is 0. The van der Waals surface area contributed by atoms with Gasteiger partial charge in [0.1, 0.15) is 5.75 Å². The van der Waals surface area contributed by atoms with E-state index in [-0.39, 0.29) is 5.75 Å². The Hall–Kier alpha value is -2.15. The fourth-order valence-corrected chi connectivity index (χ4v) is 2.39. The molecular weight excluding hydrogens is 278 g/mol. The number of hydrogen-bond acceptors (Lipinski definition) is 4. The monoisotopic (exact) mass is 294 g/mol. The van der Waals surface area contributed by atoms with E-state index in [2.05, 4.69) is 25.2 Å². The first-order valence-electron chi connectivity index (χ1n) is 6.79. The summed E-state index contributed by atoms with van der Waals surface area (Å²) in [5, 5.41) is 10.4. The van der Waals surface area contributed by atoms with Crippen molar-refractivity contribution in [3.8, 4) is 17.0 Å². The number of ether oxygens (including phenoxy) is 1. The first-order valence-corrected chi connectivity index (χ1v) is 6.79. The van der Waals surface area contributed by atoms with Crippen LogP contribution < -0.4 is 15.0 Å². The first kappa shape index (κ1) is 13.8. The van der Waals surface area contributed by atoms with Gasteiger partial charge in [0.2, 0.25) is 0 Å².